The van der Waals surface area contributed by atoms with E-state index in [1.54, 1.807) is 12.1 Å². The van der Waals surface area contributed by atoms with Crippen LogP contribution in [0.15, 0.2) is 54.7 Å². The van der Waals surface area contributed by atoms with Crippen LogP contribution in [0.3, 0.4) is 0 Å². The topological polar surface area (TPSA) is 77.2 Å². The van der Waals surface area contributed by atoms with Crippen molar-refractivity contribution in [3.8, 4) is 0 Å². The highest BCUT2D eigenvalue weighted by Gasteiger charge is 2.31. The molecule has 1 aliphatic heterocycles. The quantitative estimate of drug-likeness (QED) is 0.636. The van der Waals surface area contributed by atoms with Gasteiger partial charge < -0.3 is 20.5 Å². The van der Waals surface area contributed by atoms with Crippen LogP contribution >= 0.6 is 0 Å². The van der Waals surface area contributed by atoms with Crippen molar-refractivity contribution in [1.29, 1.82) is 0 Å². The van der Waals surface area contributed by atoms with Gasteiger partial charge in [-0.1, -0.05) is 24.3 Å². The van der Waals surface area contributed by atoms with Crippen molar-refractivity contribution in [3.05, 3.63) is 66.1 Å². The zero-order chi connectivity index (χ0) is 19.5. The van der Waals surface area contributed by atoms with Crippen molar-refractivity contribution in [2.45, 2.75) is 18.9 Å². The fourth-order valence-corrected chi connectivity index (χ4v) is 3.58. The standard InChI is InChI=1S/C21H21FN4O2/c22-15-4-3-5-17(10-15)26-13-16(11-20(26)27)25-21(28)23-9-8-14-12-24-19-7-2-1-6-18(14)19/h1-7,10,12,16,24H,8-9,11,13H2,(H2,23,25,28). The number of para-hydroxylation sites is 1. The summed E-state index contributed by atoms with van der Waals surface area (Å²) >= 11 is 0. The number of urea groups is 1. The van der Waals surface area contributed by atoms with Crippen LogP contribution in [0.25, 0.3) is 10.9 Å². The van der Waals surface area contributed by atoms with Gasteiger partial charge in [0.05, 0.1) is 6.04 Å². The van der Waals surface area contributed by atoms with Gasteiger partial charge in [-0.25, -0.2) is 9.18 Å². The molecule has 2 heterocycles. The van der Waals surface area contributed by atoms with Crippen molar-refractivity contribution < 1.29 is 14.0 Å². The lowest BCUT2D eigenvalue weighted by molar-refractivity contribution is -0.117. The van der Waals surface area contributed by atoms with Crippen LogP contribution in [0.4, 0.5) is 14.9 Å². The van der Waals surface area contributed by atoms with Gasteiger partial charge in [-0.15, -0.1) is 0 Å². The molecule has 1 saturated heterocycles. The molecule has 7 heteroatoms. The van der Waals surface area contributed by atoms with Crippen LogP contribution in [0.1, 0.15) is 12.0 Å². The fourth-order valence-electron chi connectivity index (χ4n) is 3.58. The van der Waals surface area contributed by atoms with E-state index in [0.717, 1.165) is 16.5 Å². The van der Waals surface area contributed by atoms with Crippen molar-refractivity contribution in [1.82, 2.24) is 15.6 Å². The lowest BCUT2D eigenvalue weighted by Crippen LogP contribution is -2.43. The number of anilines is 1. The number of halogens is 1. The van der Waals surface area contributed by atoms with E-state index in [-0.39, 0.29) is 24.4 Å². The summed E-state index contributed by atoms with van der Waals surface area (Å²) in [5, 5.41) is 6.81. The highest BCUT2D eigenvalue weighted by atomic mass is 19.1. The molecule has 0 saturated carbocycles. The Morgan fingerprint density at radius 2 is 2.07 bits per heavy atom. The van der Waals surface area contributed by atoms with E-state index in [2.05, 4.69) is 15.6 Å². The Kier molecular flexibility index (Phi) is 4.97. The number of nitrogens with one attached hydrogen (secondary N) is 3. The zero-order valence-corrected chi connectivity index (χ0v) is 15.2. The smallest absolute Gasteiger partial charge is 0.315 e. The van der Waals surface area contributed by atoms with Gasteiger partial charge in [-0.3, -0.25) is 4.79 Å². The molecule has 3 amide bonds. The molecule has 0 radical (unpaired) electrons. The molecule has 1 fully saturated rings. The highest BCUT2D eigenvalue weighted by Crippen LogP contribution is 2.22. The number of carbonyl (C=O) groups is 2. The SMILES string of the molecule is O=C(NCCc1c[nH]c2ccccc12)NC1CC(=O)N(c2cccc(F)c2)C1. The van der Waals surface area contributed by atoms with E-state index in [1.165, 1.54) is 17.0 Å². The molecule has 0 bridgehead atoms. The molecule has 4 rings (SSSR count). The predicted octanol–water partition coefficient (Wildman–Crippen LogP) is 2.95. The summed E-state index contributed by atoms with van der Waals surface area (Å²) in [4.78, 5) is 29.1. The number of benzene rings is 2. The third kappa shape index (κ3) is 3.83. The van der Waals surface area contributed by atoms with E-state index in [1.807, 2.05) is 30.5 Å². The number of nitrogens with zero attached hydrogens (tertiary/aromatic N) is 1. The second-order valence-corrected chi connectivity index (χ2v) is 6.89. The summed E-state index contributed by atoms with van der Waals surface area (Å²) in [7, 11) is 0. The van der Waals surface area contributed by atoms with Gasteiger partial charge in [-0.05, 0) is 36.2 Å². The molecular formula is C21H21FN4O2. The van der Waals surface area contributed by atoms with E-state index < -0.39 is 5.82 Å². The Balaban J connectivity index is 1.28. The molecule has 2 aromatic carbocycles. The van der Waals surface area contributed by atoms with E-state index in [0.29, 0.717) is 25.2 Å². The second-order valence-electron chi connectivity index (χ2n) is 6.89. The number of aromatic amines is 1. The molecule has 0 aliphatic carbocycles. The van der Waals surface area contributed by atoms with Crippen LogP contribution in [0.5, 0.6) is 0 Å². The summed E-state index contributed by atoms with van der Waals surface area (Å²) in [6.45, 7) is 0.820. The van der Waals surface area contributed by atoms with Crippen molar-refractivity contribution in [2.24, 2.45) is 0 Å². The summed E-state index contributed by atoms with van der Waals surface area (Å²) in [6, 6.07) is 13.3. The molecule has 6 nitrogen and oxygen atoms in total. The number of H-pyrrole nitrogens is 1. The minimum Gasteiger partial charge on any atom is -0.361 e. The number of rotatable bonds is 5. The summed E-state index contributed by atoms with van der Waals surface area (Å²) < 4.78 is 13.4. The molecule has 3 N–H and O–H groups in total. The van der Waals surface area contributed by atoms with Crippen LogP contribution in [-0.4, -0.2) is 36.1 Å². The number of aromatic nitrogens is 1. The predicted molar refractivity (Wildman–Crippen MR) is 106 cm³/mol. The molecule has 1 aromatic heterocycles. The van der Waals surface area contributed by atoms with Gasteiger partial charge in [0.2, 0.25) is 5.91 Å². The number of hydrogen-bond acceptors (Lipinski definition) is 2. The fraction of sp³-hybridized carbons (Fsp3) is 0.238. The minimum atomic E-state index is -0.392. The van der Waals surface area contributed by atoms with Gasteiger partial charge in [-0.2, -0.15) is 0 Å². The first-order chi connectivity index (χ1) is 13.6. The second kappa shape index (κ2) is 7.72. The first kappa shape index (κ1) is 18.0. The van der Waals surface area contributed by atoms with Gasteiger partial charge in [0.25, 0.3) is 0 Å². The van der Waals surface area contributed by atoms with Gasteiger partial charge in [0.15, 0.2) is 0 Å². The lowest BCUT2D eigenvalue weighted by Gasteiger charge is -2.17. The van der Waals surface area contributed by atoms with Gasteiger partial charge >= 0.3 is 6.03 Å². The minimum absolute atomic E-state index is 0.130. The highest BCUT2D eigenvalue weighted by molar-refractivity contribution is 5.96. The normalized spacial score (nSPS) is 16.5. The number of carbonyl (C=O) groups excluding carboxylic acids is 2. The van der Waals surface area contributed by atoms with Crippen molar-refractivity contribution in [3.63, 3.8) is 0 Å². The maximum atomic E-state index is 13.4. The van der Waals surface area contributed by atoms with Crippen molar-refractivity contribution in [2.75, 3.05) is 18.0 Å². The molecular weight excluding hydrogens is 359 g/mol. The van der Waals surface area contributed by atoms with Gasteiger partial charge in [0, 0.05) is 42.3 Å². The average Bonchev–Trinajstić information content (AvgIpc) is 3.25. The number of hydrogen-bond donors (Lipinski definition) is 3. The Morgan fingerprint density at radius 3 is 2.93 bits per heavy atom. The lowest BCUT2D eigenvalue weighted by atomic mass is 10.1. The first-order valence-corrected chi connectivity index (χ1v) is 9.25. The molecule has 1 aliphatic rings. The van der Waals surface area contributed by atoms with E-state index >= 15 is 0 Å². The number of amides is 3. The molecule has 1 atom stereocenters. The number of fused-ring (bicyclic) bond motifs is 1. The third-order valence-electron chi connectivity index (χ3n) is 4.93. The largest absolute Gasteiger partial charge is 0.361 e. The Morgan fingerprint density at radius 1 is 1.21 bits per heavy atom. The monoisotopic (exact) mass is 380 g/mol. The average molecular weight is 380 g/mol. The van der Waals surface area contributed by atoms with Crippen LogP contribution in [0.2, 0.25) is 0 Å². The molecule has 1 unspecified atom stereocenters. The van der Waals surface area contributed by atoms with E-state index in [4.69, 9.17) is 0 Å². The summed E-state index contributed by atoms with van der Waals surface area (Å²) in [6.07, 6.45) is 2.86. The Labute approximate surface area is 161 Å². The molecule has 3 aromatic rings. The zero-order valence-electron chi connectivity index (χ0n) is 15.2. The Hall–Kier alpha value is -3.35. The molecule has 144 valence electrons. The van der Waals surface area contributed by atoms with Crippen LogP contribution in [-0.2, 0) is 11.2 Å². The summed E-state index contributed by atoms with van der Waals surface area (Å²) in [5.41, 5.74) is 2.72. The van der Waals surface area contributed by atoms with Crippen LogP contribution < -0.4 is 15.5 Å². The third-order valence-corrected chi connectivity index (χ3v) is 4.93. The van der Waals surface area contributed by atoms with Crippen LogP contribution in [0, 0.1) is 5.82 Å². The van der Waals surface area contributed by atoms with Crippen molar-refractivity contribution >= 4 is 28.5 Å². The molecule has 28 heavy (non-hydrogen) atoms. The maximum Gasteiger partial charge on any atom is 0.315 e. The summed E-state index contributed by atoms with van der Waals surface area (Å²) in [5.74, 6) is -0.522. The maximum absolute atomic E-state index is 13.4. The Bertz CT molecular complexity index is 1020. The van der Waals surface area contributed by atoms with E-state index in [9.17, 15) is 14.0 Å². The molecule has 0 spiro atoms. The van der Waals surface area contributed by atoms with Gasteiger partial charge in [0.1, 0.15) is 5.82 Å². The first-order valence-electron chi connectivity index (χ1n) is 9.25.